The van der Waals surface area contributed by atoms with Gasteiger partial charge in [-0.1, -0.05) is 18.6 Å². The van der Waals surface area contributed by atoms with Crippen molar-refractivity contribution >= 4 is 62.2 Å². The summed E-state index contributed by atoms with van der Waals surface area (Å²) in [6, 6.07) is 10.8. The smallest absolute Gasteiger partial charge is 0.490 e. The molecule has 5 rings (SSSR count). The third kappa shape index (κ3) is 16.1. The number of amides is 1. The Labute approximate surface area is 375 Å². The van der Waals surface area contributed by atoms with E-state index in [9.17, 15) is 60.7 Å². The fraction of sp³-hybridized carbons (Fsp3) is 0.432. The molecule has 4 heterocycles. The number of benzene rings is 1. The number of fused-ring (bicyclic) bond motifs is 1. The van der Waals surface area contributed by atoms with Crippen LogP contribution in [0.3, 0.4) is 0 Å². The first-order chi connectivity index (χ1) is 30.9. The number of carbonyl (C=O) groups is 1. The number of nitrogens with one attached hydrogen (secondary N) is 2. The average molecular weight is 1010 g/mol. The molecule has 0 radical (unpaired) electrons. The molecule has 0 bridgehead atoms. The molecule has 25 nitrogen and oxygen atoms in total. The van der Waals surface area contributed by atoms with Gasteiger partial charge in [-0.2, -0.15) is 8.62 Å². The Kier molecular flexibility index (Phi) is 17.9. The molecule has 0 saturated carbocycles. The lowest BCUT2D eigenvalue weighted by Crippen LogP contribution is -2.33. The molecule has 29 heteroatoms. The van der Waals surface area contributed by atoms with Crippen molar-refractivity contribution in [2.24, 2.45) is 0 Å². The minimum atomic E-state index is -5.78. The first-order valence-corrected chi connectivity index (χ1v) is 26.2. The van der Waals surface area contributed by atoms with E-state index in [1.165, 1.54) is 12.2 Å². The van der Waals surface area contributed by atoms with Crippen LogP contribution in [-0.2, 0) is 53.0 Å². The molecular formula is C37H48N5O20P3S. The highest BCUT2D eigenvalue weighted by Gasteiger charge is 2.43. The van der Waals surface area contributed by atoms with E-state index in [0.717, 1.165) is 29.3 Å². The molecule has 2 unspecified atom stereocenters. The van der Waals surface area contributed by atoms with Crippen molar-refractivity contribution in [1.29, 1.82) is 0 Å². The summed E-state index contributed by atoms with van der Waals surface area (Å²) in [4.78, 5) is 91.1. The number of aryl methyl sites for hydroxylation is 1. The Morgan fingerprint density at radius 1 is 1.03 bits per heavy atom. The van der Waals surface area contributed by atoms with Gasteiger partial charge >= 0.3 is 34.8 Å². The summed E-state index contributed by atoms with van der Waals surface area (Å²) < 4.78 is 92.6. The molecule has 0 aliphatic carbocycles. The van der Waals surface area contributed by atoms with Crippen molar-refractivity contribution in [3.8, 4) is 11.1 Å². The number of phosphoric acid groups is 3. The maximum atomic E-state index is 13.0. The van der Waals surface area contributed by atoms with Crippen LogP contribution >= 0.6 is 23.5 Å². The second-order valence-corrected chi connectivity index (χ2v) is 20.7. The number of aliphatic hydroxyl groups excluding tert-OH is 1. The average Bonchev–Trinajstić information content (AvgIpc) is 3.58. The van der Waals surface area contributed by atoms with Gasteiger partial charge in [-0.25, -0.2) is 36.3 Å². The van der Waals surface area contributed by atoms with Gasteiger partial charge in [-0.15, -0.1) is 0 Å². The second kappa shape index (κ2) is 22.5. The number of hydrogen-bond donors (Lipinski definition) is 7. The van der Waals surface area contributed by atoms with Gasteiger partial charge in [0.05, 0.1) is 34.0 Å². The molecule has 4 aromatic rings. The standard InChI is InChI=1S/C37H48N5O20P3S/c1-2-41(28-11-10-26-20-29(36(46)60-31(26)21-28)25-12-17-40(18-13-25)15-7-19-66(55,56)57)16-5-3-4-9-33(44)38-14-6-8-27-23-42(37(47)39-35(27)45)34-22-30(43)32(59-34)24-58-64(51,52)62-65(53,54)61-63(48,49)50/h6,8,10-13,17-18,20-21,23,30,32,34,43H,2-5,7,9,14-16,19,22,24H2,1H3,(H6-,38,39,44,45,47,48,49,50,51,52,53,54,55,56,57)/b8-6+/t30-,32+,34+/m0/s1. The van der Waals surface area contributed by atoms with Gasteiger partial charge in [0.1, 0.15) is 24.5 Å². The van der Waals surface area contributed by atoms with Gasteiger partial charge in [0, 0.05) is 85.7 Å². The molecule has 1 aromatic carbocycles. The van der Waals surface area contributed by atoms with Crippen molar-refractivity contribution < 1.29 is 83.0 Å². The summed E-state index contributed by atoms with van der Waals surface area (Å²) in [5.41, 5.74) is -0.0378. The summed E-state index contributed by atoms with van der Waals surface area (Å²) in [6.07, 6.45) is 5.40. The van der Waals surface area contributed by atoms with E-state index < -0.39 is 81.3 Å². The number of phosphoric ester groups is 1. The number of unbranched alkanes of at least 4 members (excludes halogenated alkanes) is 2. The summed E-state index contributed by atoms with van der Waals surface area (Å²) in [6.45, 7) is 2.73. The van der Waals surface area contributed by atoms with Crippen molar-refractivity contribution in [2.45, 2.75) is 70.4 Å². The van der Waals surface area contributed by atoms with Gasteiger partial charge in [-0.3, -0.25) is 23.7 Å². The van der Waals surface area contributed by atoms with Gasteiger partial charge in [-0.05, 0) is 38.0 Å². The lowest BCUT2D eigenvalue weighted by molar-refractivity contribution is -0.696. The van der Waals surface area contributed by atoms with Crippen molar-refractivity contribution in [3.05, 3.63) is 97.9 Å². The zero-order chi connectivity index (χ0) is 48.5. The molecule has 66 heavy (non-hydrogen) atoms. The number of pyridine rings is 1. The van der Waals surface area contributed by atoms with E-state index in [2.05, 4.69) is 28.3 Å². The summed E-state index contributed by atoms with van der Waals surface area (Å²) >= 11 is 0. The minimum absolute atomic E-state index is 0.0342. The summed E-state index contributed by atoms with van der Waals surface area (Å²) in [5.74, 6) is -0.708. The number of hydrogen-bond acceptors (Lipinski definition) is 17. The zero-order valence-electron chi connectivity index (χ0n) is 35.0. The predicted octanol–water partition coefficient (Wildman–Crippen LogP) is 1.74. The largest absolute Gasteiger partial charge is 0.748 e. The Morgan fingerprint density at radius 2 is 1.76 bits per heavy atom. The monoisotopic (exact) mass is 1010 g/mol. The van der Waals surface area contributed by atoms with Crippen molar-refractivity contribution in [2.75, 3.05) is 36.9 Å². The number of ether oxygens (including phenoxy) is 1. The van der Waals surface area contributed by atoms with E-state index in [4.69, 9.17) is 18.9 Å². The maximum Gasteiger partial charge on any atom is 0.490 e. The molecule has 1 amide bonds. The lowest BCUT2D eigenvalue weighted by atomic mass is 10.1. The topological polar surface area (TPSA) is 368 Å². The predicted molar refractivity (Wildman–Crippen MR) is 231 cm³/mol. The van der Waals surface area contributed by atoms with Gasteiger partial charge < -0.3 is 48.6 Å². The quantitative estimate of drug-likeness (QED) is 0.0173. The fourth-order valence-corrected chi connectivity index (χ4v) is 10.2. The van der Waals surface area contributed by atoms with Crippen LogP contribution in [0.25, 0.3) is 28.2 Å². The maximum absolute atomic E-state index is 13.0. The number of H-pyrrole nitrogens is 1. The number of aliphatic hydroxyl groups is 1. The molecule has 7 N–H and O–H groups in total. The molecule has 362 valence electrons. The van der Waals surface area contributed by atoms with Crippen LogP contribution in [0.15, 0.2) is 79.9 Å². The highest BCUT2D eigenvalue weighted by Crippen LogP contribution is 2.66. The number of anilines is 1. The van der Waals surface area contributed by atoms with Crippen molar-refractivity contribution in [3.63, 3.8) is 0 Å². The second-order valence-electron chi connectivity index (χ2n) is 14.8. The molecular weight excluding hydrogens is 959 g/mol. The van der Waals surface area contributed by atoms with Crippen LogP contribution in [-0.4, -0.2) is 97.3 Å². The van der Waals surface area contributed by atoms with E-state index in [1.807, 2.05) is 19.1 Å². The Hall–Kier alpha value is -4.49. The minimum Gasteiger partial charge on any atom is -0.748 e. The van der Waals surface area contributed by atoms with E-state index in [0.29, 0.717) is 48.2 Å². The van der Waals surface area contributed by atoms with E-state index >= 15 is 0 Å². The highest BCUT2D eigenvalue weighted by atomic mass is 32.2. The van der Waals surface area contributed by atoms with Gasteiger partial charge in [0.25, 0.3) is 5.56 Å². The Balaban J connectivity index is 1.05. The number of nitrogens with zero attached hydrogens (tertiary/aromatic N) is 3. The normalized spacial score (nSPS) is 18.6. The summed E-state index contributed by atoms with van der Waals surface area (Å²) in [5, 5.41) is 13.8. The first-order valence-electron chi connectivity index (χ1n) is 20.1. The Bertz CT molecular complexity index is 2830. The molecule has 1 aliphatic rings. The third-order valence-corrected chi connectivity index (χ3v) is 14.4. The van der Waals surface area contributed by atoms with Crippen molar-refractivity contribution in [1.82, 2.24) is 14.9 Å². The molecule has 1 fully saturated rings. The van der Waals surface area contributed by atoms with Crippen LogP contribution in [0.4, 0.5) is 5.69 Å². The molecule has 0 spiro atoms. The van der Waals surface area contributed by atoms with Crippen LogP contribution < -0.4 is 31.7 Å². The number of aromatic nitrogens is 3. The van der Waals surface area contributed by atoms with E-state index in [1.54, 1.807) is 41.2 Å². The van der Waals surface area contributed by atoms with Crippen LogP contribution in [0.2, 0.25) is 0 Å². The van der Waals surface area contributed by atoms with Gasteiger partial charge in [0.2, 0.25) is 5.91 Å². The molecule has 3 aromatic heterocycles. The van der Waals surface area contributed by atoms with E-state index in [-0.39, 0.29) is 37.3 Å². The number of rotatable bonds is 24. The van der Waals surface area contributed by atoms with Crippen LogP contribution in [0.5, 0.6) is 0 Å². The number of carbonyl (C=O) groups excluding carboxylic acids is 1. The van der Waals surface area contributed by atoms with Gasteiger partial charge in [0.15, 0.2) is 12.4 Å². The fourth-order valence-electron chi connectivity index (χ4n) is 6.73. The van der Waals surface area contributed by atoms with Crippen LogP contribution in [0.1, 0.15) is 57.2 Å². The molecule has 5 atom stereocenters. The molecule has 1 aliphatic heterocycles. The van der Waals surface area contributed by atoms with Crippen LogP contribution in [0, 0.1) is 0 Å². The molecule has 1 saturated heterocycles. The third-order valence-electron chi connectivity index (χ3n) is 9.85. The SMILES string of the molecule is CCN(CCCCCC(=O)NC/C=C/c1cn([C@H]2C[C@H](O)[C@@H](COP(=O)(O)OP(=O)(O)OP(=O)(O)O)O2)c(=O)[nH]c1=O)c1ccc2cc(-c3cc[n+](CCCS(=O)(=O)[O-])cc3)c(=O)oc2c1. The lowest BCUT2D eigenvalue weighted by Gasteiger charge is -2.23. The highest BCUT2D eigenvalue weighted by molar-refractivity contribution is 7.85. The summed E-state index contributed by atoms with van der Waals surface area (Å²) in [7, 11) is -21.2. The zero-order valence-corrected chi connectivity index (χ0v) is 38.5. The first kappa shape index (κ1) is 52.5. The Morgan fingerprint density at radius 3 is 2.44 bits per heavy atom. The number of aromatic amines is 1.